The van der Waals surface area contributed by atoms with Gasteiger partial charge in [0.1, 0.15) is 18.7 Å². The summed E-state index contributed by atoms with van der Waals surface area (Å²) >= 11 is 0. The van der Waals surface area contributed by atoms with Gasteiger partial charge in [0.15, 0.2) is 0 Å². The molecule has 0 fully saturated rings. The van der Waals surface area contributed by atoms with E-state index in [1.165, 1.54) is 6.33 Å². The lowest BCUT2D eigenvalue weighted by atomic mass is 10.2. The Morgan fingerprint density at radius 3 is 2.71 bits per heavy atom. The summed E-state index contributed by atoms with van der Waals surface area (Å²) in [6, 6.07) is 0. The summed E-state index contributed by atoms with van der Waals surface area (Å²) < 4.78 is 0. The predicted molar refractivity (Wildman–Crippen MR) is 52.4 cm³/mol. The van der Waals surface area contributed by atoms with Crippen molar-refractivity contribution in [2.24, 2.45) is 0 Å². The normalized spacial score (nSPS) is 9.93. The molecular formula is C9H13N3O2. The summed E-state index contributed by atoms with van der Waals surface area (Å²) in [4.78, 5) is 20.1. The van der Waals surface area contributed by atoms with E-state index in [0.717, 1.165) is 11.3 Å². The Kier molecular flexibility index (Phi) is 3.01. The SMILES string of the molecule is Cc1ncnc(N(C)CC(=O)O)c1C. The molecule has 0 aromatic carbocycles. The maximum Gasteiger partial charge on any atom is 0.323 e. The van der Waals surface area contributed by atoms with Gasteiger partial charge in [-0.25, -0.2) is 9.97 Å². The number of likely N-dealkylation sites (N-methyl/N-ethyl adjacent to an activating group) is 1. The zero-order valence-electron chi connectivity index (χ0n) is 8.48. The van der Waals surface area contributed by atoms with Crippen molar-refractivity contribution < 1.29 is 9.90 Å². The van der Waals surface area contributed by atoms with Gasteiger partial charge in [0, 0.05) is 18.3 Å². The van der Waals surface area contributed by atoms with Crippen LogP contribution in [0.25, 0.3) is 0 Å². The van der Waals surface area contributed by atoms with Crippen molar-refractivity contribution >= 4 is 11.8 Å². The number of aliphatic carboxylic acids is 1. The number of hydrogen-bond donors (Lipinski definition) is 1. The van der Waals surface area contributed by atoms with Crippen LogP contribution in [0.3, 0.4) is 0 Å². The molecule has 0 amide bonds. The predicted octanol–water partition coefficient (Wildman–Crippen LogP) is 0.614. The number of aromatic nitrogens is 2. The van der Waals surface area contributed by atoms with Gasteiger partial charge < -0.3 is 10.0 Å². The molecule has 1 heterocycles. The molecule has 0 saturated heterocycles. The van der Waals surface area contributed by atoms with E-state index in [1.807, 2.05) is 13.8 Å². The Morgan fingerprint density at radius 1 is 1.50 bits per heavy atom. The van der Waals surface area contributed by atoms with E-state index in [-0.39, 0.29) is 6.54 Å². The first kappa shape index (κ1) is 10.4. The van der Waals surface area contributed by atoms with Crippen LogP contribution in [0.5, 0.6) is 0 Å². The standard InChI is InChI=1S/C9H13N3O2/c1-6-7(2)10-5-11-9(6)12(3)4-8(13)14/h5H,4H2,1-3H3,(H,13,14). The fourth-order valence-corrected chi connectivity index (χ4v) is 1.19. The molecule has 76 valence electrons. The number of anilines is 1. The molecule has 5 heteroatoms. The van der Waals surface area contributed by atoms with Gasteiger partial charge in [0.2, 0.25) is 0 Å². The van der Waals surface area contributed by atoms with Crippen LogP contribution in [-0.4, -0.2) is 34.6 Å². The van der Waals surface area contributed by atoms with Gasteiger partial charge in [-0.05, 0) is 13.8 Å². The largest absolute Gasteiger partial charge is 0.480 e. The Labute approximate surface area is 82.4 Å². The van der Waals surface area contributed by atoms with Crippen LogP contribution in [0.4, 0.5) is 5.82 Å². The third kappa shape index (κ3) is 2.18. The lowest BCUT2D eigenvalue weighted by Gasteiger charge is -2.17. The molecule has 5 nitrogen and oxygen atoms in total. The number of nitrogens with zero attached hydrogens (tertiary/aromatic N) is 3. The summed E-state index contributed by atoms with van der Waals surface area (Å²) in [5.74, 6) is -0.205. The topological polar surface area (TPSA) is 66.3 Å². The molecule has 14 heavy (non-hydrogen) atoms. The van der Waals surface area contributed by atoms with Crippen LogP contribution in [0.1, 0.15) is 11.3 Å². The summed E-state index contributed by atoms with van der Waals surface area (Å²) in [6.45, 7) is 3.69. The van der Waals surface area contributed by atoms with Crippen LogP contribution in [0, 0.1) is 13.8 Å². The van der Waals surface area contributed by atoms with Crippen molar-refractivity contribution in [3.05, 3.63) is 17.6 Å². The van der Waals surface area contributed by atoms with E-state index >= 15 is 0 Å². The third-order valence-corrected chi connectivity index (χ3v) is 2.04. The van der Waals surface area contributed by atoms with E-state index in [1.54, 1.807) is 11.9 Å². The zero-order valence-corrected chi connectivity index (χ0v) is 8.48. The molecule has 1 aromatic rings. The average molecular weight is 195 g/mol. The van der Waals surface area contributed by atoms with E-state index in [9.17, 15) is 4.79 Å². The molecule has 0 spiro atoms. The molecule has 0 unspecified atom stereocenters. The van der Waals surface area contributed by atoms with E-state index < -0.39 is 5.97 Å². The van der Waals surface area contributed by atoms with Crippen molar-refractivity contribution in [2.75, 3.05) is 18.5 Å². The van der Waals surface area contributed by atoms with Crippen molar-refractivity contribution in [1.29, 1.82) is 0 Å². The Morgan fingerprint density at radius 2 is 2.14 bits per heavy atom. The minimum Gasteiger partial charge on any atom is -0.480 e. The number of carbonyl (C=O) groups is 1. The highest BCUT2D eigenvalue weighted by Gasteiger charge is 2.10. The zero-order chi connectivity index (χ0) is 10.7. The second-order valence-electron chi connectivity index (χ2n) is 3.16. The summed E-state index contributed by atoms with van der Waals surface area (Å²) in [5, 5.41) is 8.62. The molecule has 0 atom stereocenters. The van der Waals surface area contributed by atoms with Crippen molar-refractivity contribution in [1.82, 2.24) is 9.97 Å². The van der Waals surface area contributed by atoms with Gasteiger partial charge in [-0.1, -0.05) is 0 Å². The number of hydrogen-bond acceptors (Lipinski definition) is 4. The van der Waals surface area contributed by atoms with Crippen LogP contribution in [0.15, 0.2) is 6.33 Å². The first-order valence-electron chi connectivity index (χ1n) is 4.23. The fourth-order valence-electron chi connectivity index (χ4n) is 1.19. The monoisotopic (exact) mass is 195 g/mol. The van der Waals surface area contributed by atoms with E-state index in [2.05, 4.69) is 9.97 Å². The summed E-state index contributed by atoms with van der Waals surface area (Å²) in [7, 11) is 1.70. The molecule has 0 aliphatic rings. The molecule has 0 saturated carbocycles. The van der Waals surface area contributed by atoms with Crippen molar-refractivity contribution in [2.45, 2.75) is 13.8 Å². The lowest BCUT2D eigenvalue weighted by Crippen LogP contribution is -2.26. The molecule has 0 aliphatic carbocycles. The second kappa shape index (κ2) is 4.04. The molecule has 1 rings (SSSR count). The van der Waals surface area contributed by atoms with Gasteiger partial charge in [0.05, 0.1) is 0 Å². The minimum atomic E-state index is -0.872. The van der Waals surface area contributed by atoms with Gasteiger partial charge in [0.25, 0.3) is 0 Å². The highest BCUT2D eigenvalue weighted by Crippen LogP contribution is 2.15. The van der Waals surface area contributed by atoms with Crippen LogP contribution in [-0.2, 0) is 4.79 Å². The highest BCUT2D eigenvalue weighted by atomic mass is 16.4. The minimum absolute atomic E-state index is 0.0582. The van der Waals surface area contributed by atoms with Crippen molar-refractivity contribution in [3.8, 4) is 0 Å². The molecule has 0 radical (unpaired) electrons. The molecular weight excluding hydrogens is 182 g/mol. The van der Waals surface area contributed by atoms with Gasteiger partial charge in [-0.15, -0.1) is 0 Å². The van der Waals surface area contributed by atoms with Crippen LogP contribution in [0.2, 0.25) is 0 Å². The van der Waals surface area contributed by atoms with Gasteiger partial charge in [-0.2, -0.15) is 0 Å². The first-order valence-corrected chi connectivity index (χ1v) is 4.23. The lowest BCUT2D eigenvalue weighted by molar-refractivity contribution is -0.135. The smallest absolute Gasteiger partial charge is 0.323 e. The quantitative estimate of drug-likeness (QED) is 0.765. The molecule has 1 N–H and O–H groups in total. The van der Waals surface area contributed by atoms with Gasteiger partial charge >= 0.3 is 5.97 Å². The number of rotatable bonds is 3. The van der Waals surface area contributed by atoms with Gasteiger partial charge in [-0.3, -0.25) is 4.79 Å². The highest BCUT2D eigenvalue weighted by molar-refractivity contribution is 5.73. The Bertz CT molecular complexity index is 352. The summed E-state index contributed by atoms with van der Waals surface area (Å²) in [5.41, 5.74) is 1.78. The third-order valence-electron chi connectivity index (χ3n) is 2.04. The first-order chi connectivity index (χ1) is 6.52. The fraction of sp³-hybridized carbons (Fsp3) is 0.444. The number of carboxylic acid groups (broad SMARTS) is 1. The maximum atomic E-state index is 10.5. The van der Waals surface area contributed by atoms with Crippen LogP contribution >= 0.6 is 0 Å². The second-order valence-corrected chi connectivity index (χ2v) is 3.16. The number of carboxylic acids is 1. The molecule has 0 aliphatic heterocycles. The summed E-state index contributed by atoms with van der Waals surface area (Å²) in [6.07, 6.45) is 1.44. The average Bonchev–Trinajstić information content (AvgIpc) is 2.08. The Balaban J connectivity index is 2.95. The molecule has 1 aromatic heterocycles. The van der Waals surface area contributed by atoms with Crippen molar-refractivity contribution in [3.63, 3.8) is 0 Å². The molecule has 0 bridgehead atoms. The van der Waals surface area contributed by atoms with E-state index in [0.29, 0.717) is 5.82 Å². The maximum absolute atomic E-state index is 10.5. The van der Waals surface area contributed by atoms with E-state index in [4.69, 9.17) is 5.11 Å². The number of aryl methyl sites for hydroxylation is 1. The Hall–Kier alpha value is -1.65. The van der Waals surface area contributed by atoms with Crippen LogP contribution < -0.4 is 4.90 Å².